The van der Waals surface area contributed by atoms with E-state index in [1.54, 1.807) is 0 Å². The summed E-state index contributed by atoms with van der Waals surface area (Å²) in [7, 11) is 0. The first-order valence-corrected chi connectivity index (χ1v) is 1.84. The summed E-state index contributed by atoms with van der Waals surface area (Å²) in [4.78, 5) is 0. The van der Waals surface area contributed by atoms with Crippen molar-refractivity contribution in [3.63, 3.8) is 0 Å². The molecule has 0 aliphatic carbocycles. The molecule has 0 aromatic rings. The SMILES string of the molecule is [C-]#[O+].[C-]#[O+].[C-]#[O+].[C-]#[O+].[C-]#[O+].[C-]#[O+].[C-]#[O+].[C-]#[O+].[C-]#[O+].[Co].[Mn]. The molecule has 106 valence electrons. The molecule has 0 N–H and O–H groups in total. The summed E-state index contributed by atoms with van der Waals surface area (Å²) in [5.74, 6) is 0. The average molecular weight is 366 g/mol. The Morgan fingerprint density at radius 1 is 0.250 bits per heavy atom. The van der Waals surface area contributed by atoms with Crippen molar-refractivity contribution in [1.82, 2.24) is 0 Å². The number of hydrogen-bond donors (Lipinski definition) is 0. The van der Waals surface area contributed by atoms with Crippen LogP contribution in [0.25, 0.3) is 0 Å². The van der Waals surface area contributed by atoms with E-state index in [4.69, 9.17) is 41.9 Å². The van der Waals surface area contributed by atoms with Gasteiger partial charge in [-0.25, -0.2) is 0 Å². The Balaban J connectivity index is -0.00000000500. The van der Waals surface area contributed by atoms with Crippen LogP contribution in [-0.2, 0) is 75.7 Å². The van der Waals surface area contributed by atoms with Crippen LogP contribution in [0.1, 0.15) is 0 Å². The predicted molar refractivity (Wildman–Crippen MR) is 35.4 cm³/mol. The minimum absolute atomic E-state index is 0. The summed E-state index contributed by atoms with van der Waals surface area (Å²) >= 11 is 0. The van der Waals surface area contributed by atoms with Crippen molar-refractivity contribution in [2.45, 2.75) is 0 Å². The first-order valence-electron chi connectivity index (χ1n) is 1.84. The first-order chi connectivity index (χ1) is 9.00. The summed E-state index contributed by atoms with van der Waals surface area (Å²) in [5, 5.41) is 0. The molecule has 11 heteroatoms. The zero-order chi connectivity index (χ0) is 18.0. The monoisotopic (exact) mass is 366 g/mol. The van der Waals surface area contributed by atoms with Crippen molar-refractivity contribution in [2.24, 2.45) is 0 Å². The van der Waals surface area contributed by atoms with Gasteiger partial charge < -0.3 is 0 Å². The normalized spacial score (nSPS) is 0.900. The molecule has 0 amide bonds. The predicted octanol–water partition coefficient (Wildman–Crippen LogP) is -0.343. The zero-order valence-corrected chi connectivity index (χ0v) is 11.1. The van der Waals surface area contributed by atoms with Crippen LogP contribution in [0.5, 0.6) is 0 Å². The molecule has 0 fully saturated rings. The molecular weight excluding hydrogens is 366 g/mol. The topological polar surface area (TPSA) is 179 Å². The molecule has 0 spiro atoms. The van der Waals surface area contributed by atoms with Crippen LogP contribution in [0.2, 0.25) is 0 Å². The van der Waals surface area contributed by atoms with Gasteiger partial charge in [-0.05, 0) is 0 Å². The van der Waals surface area contributed by atoms with E-state index in [1.807, 2.05) is 0 Å². The van der Waals surface area contributed by atoms with Gasteiger partial charge in [0.15, 0.2) is 0 Å². The fraction of sp³-hybridized carbons (Fsp3) is 0. The standard InChI is InChI=1S/9CO.Co.Mn/c9*1-2;;. The number of hydrogen-bond acceptors (Lipinski definition) is 0. The fourth-order valence-corrected chi connectivity index (χ4v) is 0. The van der Waals surface area contributed by atoms with Gasteiger partial charge in [0.05, 0.1) is 0 Å². The molecule has 9 nitrogen and oxygen atoms in total. The average Bonchev–Trinajstić information content (AvgIpc) is 2.63. The summed E-state index contributed by atoms with van der Waals surface area (Å²) in [6.45, 7) is 40.5. The van der Waals surface area contributed by atoms with Crippen molar-refractivity contribution in [3.8, 4) is 0 Å². The van der Waals surface area contributed by atoms with Gasteiger partial charge in [-0.3, -0.25) is 0 Å². The summed E-state index contributed by atoms with van der Waals surface area (Å²) in [6.07, 6.45) is 0. The molecule has 0 aliphatic rings. The Morgan fingerprint density at radius 3 is 0.250 bits per heavy atom. The third kappa shape index (κ3) is 2380. The van der Waals surface area contributed by atoms with Gasteiger partial charge >= 0.3 is 102 Å². The second kappa shape index (κ2) is 2850. The third-order valence-electron chi connectivity index (χ3n) is 0. The Labute approximate surface area is 136 Å². The van der Waals surface area contributed by atoms with Gasteiger partial charge in [0.1, 0.15) is 0 Å². The second-order valence-electron chi connectivity index (χ2n) is 0. The maximum atomic E-state index is 7.50. The molecule has 0 rings (SSSR count). The molecule has 0 aromatic carbocycles. The van der Waals surface area contributed by atoms with Crippen LogP contribution < -0.4 is 0 Å². The van der Waals surface area contributed by atoms with Crippen molar-refractivity contribution >= 4 is 0 Å². The van der Waals surface area contributed by atoms with E-state index < -0.39 is 0 Å². The maximum absolute atomic E-state index is 7.50. The minimum Gasteiger partial charge on any atom is 0 e. The van der Waals surface area contributed by atoms with E-state index in [0.29, 0.717) is 0 Å². The van der Waals surface area contributed by atoms with Gasteiger partial charge in [0.2, 0.25) is 0 Å². The van der Waals surface area contributed by atoms with E-state index in [9.17, 15) is 0 Å². The third-order valence-corrected chi connectivity index (χ3v) is 0. The Kier molecular flexibility index (Phi) is 14100. The molecular formula is C9CoMnO9. The van der Waals surface area contributed by atoms with E-state index in [1.165, 1.54) is 0 Å². The molecule has 20 heavy (non-hydrogen) atoms. The molecule has 0 bridgehead atoms. The van der Waals surface area contributed by atoms with Crippen LogP contribution in [0.15, 0.2) is 0 Å². The smallest absolute Gasteiger partial charge is 0 e. The molecule has 0 aliphatic heterocycles. The second-order valence-corrected chi connectivity index (χ2v) is 0. The van der Waals surface area contributed by atoms with E-state index >= 15 is 0 Å². The van der Waals surface area contributed by atoms with Crippen molar-refractivity contribution in [2.75, 3.05) is 0 Å². The Morgan fingerprint density at radius 2 is 0.250 bits per heavy atom. The minimum atomic E-state index is 0. The van der Waals surface area contributed by atoms with Gasteiger partial charge in [-0.2, -0.15) is 0 Å². The molecule has 0 saturated heterocycles. The molecule has 2 radical (unpaired) electrons. The van der Waals surface area contributed by atoms with Gasteiger partial charge in [0.25, 0.3) is 0 Å². The van der Waals surface area contributed by atoms with Crippen molar-refractivity contribution in [3.05, 3.63) is 59.9 Å². The Hall–Kier alpha value is -1.31. The maximum Gasteiger partial charge on any atom is 0 e. The van der Waals surface area contributed by atoms with Gasteiger partial charge in [0, 0.05) is 33.8 Å². The summed E-state index contributed by atoms with van der Waals surface area (Å²) in [5.41, 5.74) is 0. The fourth-order valence-electron chi connectivity index (χ4n) is 0. The molecule has 0 atom stereocenters. The van der Waals surface area contributed by atoms with Crippen LogP contribution >= 0.6 is 0 Å². The van der Waals surface area contributed by atoms with Crippen molar-refractivity contribution in [1.29, 1.82) is 0 Å². The summed E-state index contributed by atoms with van der Waals surface area (Å²) < 4.78 is 67.5. The quantitative estimate of drug-likeness (QED) is 0.309. The molecule has 0 saturated carbocycles. The van der Waals surface area contributed by atoms with Crippen LogP contribution in [0.3, 0.4) is 0 Å². The Bertz CT molecular complexity index is 158. The van der Waals surface area contributed by atoms with E-state index in [-0.39, 0.29) is 33.8 Å². The van der Waals surface area contributed by atoms with E-state index in [0.717, 1.165) is 0 Å². The van der Waals surface area contributed by atoms with Crippen LogP contribution in [0.4, 0.5) is 0 Å². The van der Waals surface area contributed by atoms with Crippen LogP contribution in [0, 0.1) is 59.9 Å². The summed E-state index contributed by atoms with van der Waals surface area (Å²) in [6, 6.07) is 0. The van der Waals surface area contributed by atoms with Gasteiger partial charge in [-0.1, -0.05) is 0 Å². The van der Waals surface area contributed by atoms with Crippen LogP contribution in [-0.4, -0.2) is 0 Å². The molecule has 0 aromatic heterocycles. The number of rotatable bonds is 0. The van der Waals surface area contributed by atoms with Crippen molar-refractivity contribution < 1.29 is 75.7 Å². The molecule has 0 unspecified atom stereocenters. The largest absolute Gasteiger partial charge is 0 e. The first kappa shape index (κ1) is 98.9. The zero-order valence-electron chi connectivity index (χ0n) is 8.89. The van der Waals surface area contributed by atoms with E-state index in [2.05, 4.69) is 59.9 Å². The van der Waals surface area contributed by atoms with Gasteiger partial charge in [-0.15, -0.1) is 0 Å². The molecule has 0 heterocycles.